The number of para-hydroxylation sites is 1. The van der Waals surface area contributed by atoms with Crippen molar-refractivity contribution in [3.63, 3.8) is 0 Å². The number of hydrogen-bond donors (Lipinski definition) is 0. The topological polar surface area (TPSA) is 30.7 Å². The molecule has 0 bridgehead atoms. The Bertz CT molecular complexity index is 3470. The molecule has 2 aromatic heterocycles. The Morgan fingerprint density at radius 2 is 1.13 bits per heavy atom. The summed E-state index contributed by atoms with van der Waals surface area (Å²) in [5.74, 6) is 0.760. The molecule has 1 spiro atoms. The van der Waals surface area contributed by atoms with E-state index in [0.717, 1.165) is 57.8 Å². The zero-order valence-corrected chi connectivity index (χ0v) is 34.0. The third-order valence-corrected chi connectivity index (χ3v) is 14.2. The summed E-state index contributed by atoms with van der Waals surface area (Å²) in [5, 5.41) is 4.83. The van der Waals surface area contributed by atoms with Gasteiger partial charge in [-0.05, 0) is 88.0 Å². The molecule has 4 heteroatoms. The molecule has 0 fully saturated rings. The SMILES string of the molecule is C1=CC(c2nc(-c3ccccc3)cc(-c3ccc(-n4c5ccccc5c5cc6c(cc54)C4(c5ccccc5S6)c5ccccc5-c5ccccc54)c4ccccc34)n2)=CCC1. The van der Waals surface area contributed by atoms with Crippen LogP contribution in [0, 0.1) is 0 Å². The van der Waals surface area contributed by atoms with Gasteiger partial charge in [0.05, 0.1) is 33.5 Å². The second kappa shape index (κ2) is 13.4. The van der Waals surface area contributed by atoms with Crippen molar-refractivity contribution in [3.05, 3.63) is 228 Å². The molecular formula is C57H37N3S. The van der Waals surface area contributed by atoms with Crippen molar-refractivity contribution in [1.82, 2.24) is 14.5 Å². The van der Waals surface area contributed by atoms with Crippen molar-refractivity contribution in [2.45, 2.75) is 28.0 Å². The molecule has 0 N–H and O–H groups in total. The summed E-state index contributed by atoms with van der Waals surface area (Å²) in [4.78, 5) is 13.0. The van der Waals surface area contributed by atoms with E-state index < -0.39 is 5.41 Å². The van der Waals surface area contributed by atoms with E-state index in [1.165, 1.54) is 70.4 Å². The second-order valence-corrected chi connectivity index (χ2v) is 17.4. The Labute approximate surface area is 358 Å². The van der Waals surface area contributed by atoms with E-state index in [1.807, 2.05) is 11.8 Å². The Hall–Kier alpha value is -7.27. The van der Waals surface area contributed by atoms with Gasteiger partial charge in [-0.3, -0.25) is 0 Å². The van der Waals surface area contributed by atoms with E-state index in [1.54, 1.807) is 0 Å². The Kier molecular flexibility index (Phi) is 7.58. The van der Waals surface area contributed by atoms with Gasteiger partial charge in [0.2, 0.25) is 0 Å². The van der Waals surface area contributed by atoms with Gasteiger partial charge < -0.3 is 4.57 Å². The highest BCUT2D eigenvalue weighted by atomic mass is 32.2. The smallest absolute Gasteiger partial charge is 0.160 e. The van der Waals surface area contributed by atoms with Crippen molar-refractivity contribution < 1.29 is 0 Å². The van der Waals surface area contributed by atoms with Gasteiger partial charge in [0.25, 0.3) is 0 Å². The lowest BCUT2D eigenvalue weighted by atomic mass is 9.67. The van der Waals surface area contributed by atoms with Crippen molar-refractivity contribution >= 4 is 49.9 Å². The summed E-state index contributed by atoms with van der Waals surface area (Å²) in [5.41, 5.74) is 16.1. The predicted molar refractivity (Wildman–Crippen MR) is 253 cm³/mol. The van der Waals surface area contributed by atoms with Gasteiger partial charge in [0.15, 0.2) is 5.82 Å². The lowest BCUT2D eigenvalue weighted by molar-refractivity contribution is 0.724. The van der Waals surface area contributed by atoms with Crippen LogP contribution in [0.1, 0.15) is 40.9 Å². The fraction of sp³-hybridized carbons (Fsp3) is 0.0526. The molecule has 10 aromatic rings. The van der Waals surface area contributed by atoms with E-state index in [0.29, 0.717) is 0 Å². The number of rotatable bonds is 4. The minimum absolute atomic E-state index is 0.462. The Balaban J connectivity index is 1.08. The maximum atomic E-state index is 5.30. The quantitative estimate of drug-likeness (QED) is 0.178. The highest BCUT2D eigenvalue weighted by Crippen LogP contribution is 2.62. The standard InChI is InChI=1S/C57H37N3S/c1-3-17-36(18-4-1)49-35-50(59-56(58-49)37-19-5-2-6-20-37)41-31-32-52(42-24-8-7-21-38(41)42)60-51-29-15-11-25-43(51)44-33-55-48(34-53(44)60)57(47-28-14-16-30-54(47)61-55)45-26-12-9-22-39(45)40-23-10-13-27-46(40)57/h1,3-5,7-35H,2,6H2. The summed E-state index contributed by atoms with van der Waals surface area (Å²) < 4.78 is 2.52. The minimum atomic E-state index is -0.462. The van der Waals surface area contributed by atoms with Gasteiger partial charge in [0.1, 0.15) is 0 Å². The molecule has 3 heterocycles. The lowest BCUT2D eigenvalue weighted by Gasteiger charge is -2.39. The van der Waals surface area contributed by atoms with E-state index in [4.69, 9.17) is 9.97 Å². The van der Waals surface area contributed by atoms with Crippen molar-refractivity contribution in [2.24, 2.45) is 0 Å². The highest BCUT2D eigenvalue weighted by Gasteiger charge is 2.50. The largest absolute Gasteiger partial charge is 0.309 e. The molecule has 3 aliphatic rings. The minimum Gasteiger partial charge on any atom is -0.309 e. The van der Waals surface area contributed by atoms with Crippen molar-refractivity contribution in [3.8, 4) is 39.3 Å². The first-order chi connectivity index (χ1) is 30.3. The number of hydrogen-bond acceptors (Lipinski definition) is 3. The van der Waals surface area contributed by atoms with Crippen LogP contribution in [0.15, 0.2) is 210 Å². The third-order valence-electron chi connectivity index (χ3n) is 13.1. The van der Waals surface area contributed by atoms with Crippen molar-refractivity contribution in [1.29, 1.82) is 0 Å². The fourth-order valence-electron chi connectivity index (χ4n) is 10.5. The van der Waals surface area contributed by atoms with E-state index in [2.05, 4.69) is 205 Å². The average molecular weight is 796 g/mol. The van der Waals surface area contributed by atoms with Gasteiger partial charge >= 0.3 is 0 Å². The summed E-state index contributed by atoms with van der Waals surface area (Å²) in [6.45, 7) is 0. The molecule has 8 aromatic carbocycles. The molecule has 2 aliphatic carbocycles. The predicted octanol–water partition coefficient (Wildman–Crippen LogP) is 14.6. The third kappa shape index (κ3) is 5.00. The molecule has 1 aliphatic heterocycles. The fourth-order valence-corrected chi connectivity index (χ4v) is 11.7. The van der Waals surface area contributed by atoms with Gasteiger partial charge in [0, 0.05) is 42.6 Å². The number of aromatic nitrogens is 3. The molecule has 3 nitrogen and oxygen atoms in total. The lowest BCUT2D eigenvalue weighted by Crippen LogP contribution is -2.32. The number of nitrogens with zero attached hydrogens (tertiary/aromatic N) is 3. The molecule has 0 amide bonds. The molecule has 13 rings (SSSR count). The van der Waals surface area contributed by atoms with Gasteiger partial charge in [-0.15, -0.1) is 0 Å². The van der Waals surface area contributed by atoms with E-state index in [9.17, 15) is 0 Å². The highest BCUT2D eigenvalue weighted by molar-refractivity contribution is 7.99. The molecule has 0 atom stereocenters. The summed E-state index contributed by atoms with van der Waals surface area (Å²) in [6.07, 6.45) is 8.69. The van der Waals surface area contributed by atoms with Crippen LogP contribution >= 0.6 is 11.8 Å². The molecule has 0 unspecified atom stereocenters. The maximum absolute atomic E-state index is 5.30. The van der Waals surface area contributed by atoms with Crippen LogP contribution in [-0.4, -0.2) is 14.5 Å². The summed E-state index contributed by atoms with van der Waals surface area (Å²) >= 11 is 1.90. The van der Waals surface area contributed by atoms with E-state index in [-0.39, 0.29) is 0 Å². The van der Waals surface area contributed by atoms with Crippen LogP contribution < -0.4 is 0 Å². The van der Waals surface area contributed by atoms with Crippen LogP contribution in [0.25, 0.3) is 77.5 Å². The molecule has 0 saturated heterocycles. The number of fused-ring (bicyclic) bond motifs is 13. The van der Waals surface area contributed by atoms with Crippen LogP contribution in [-0.2, 0) is 5.41 Å². The zero-order valence-electron chi connectivity index (χ0n) is 33.2. The van der Waals surface area contributed by atoms with Crippen LogP contribution in [0.5, 0.6) is 0 Å². The maximum Gasteiger partial charge on any atom is 0.160 e. The van der Waals surface area contributed by atoms with Gasteiger partial charge in [-0.25, -0.2) is 9.97 Å². The first kappa shape index (κ1) is 34.6. The molecule has 0 radical (unpaired) electrons. The molecular weight excluding hydrogens is 759 g/mol. The van der Waals surface area contributed by atoms with Crippen LogP contribution in [0.3, 0.4) is 0 Å². The zero-order chi connectivity index (χ0) is 40.1. The first-order valence-electron chi connectivity index (χ1n) is 21.1. The van der Waals surface area contributed by atoms with Gasteiger partial charge in [-0.1, -0.05) is 176 Å². The molecule has 61 heavy (non-hydrogen) atoms. The Morgan fingerprint density at radius 1 is 0.459 bits per heavy atom. The van der Waals surface area contributed by atoms with Crippen LogP contribution in [0.2, 0.25) is 0 Å². The van der Waals surface area contributed by atoms with Crippen molar-refractivity contribution in [2.75, 3.05) is 0 Å². The Morgan fingerprint density at radius 3 is 1.92 bits per heavy atom. The number of allylic oxidation sites excluding steroid dienone is 4. The monoisotopic (exact) mass is 795 g/mol. The first-order valence-corrected chi connectivity index (χ1v) is 22.0. The average Bonchev–Trinajstić information content (AvgIpc) is 3.81. The van der Waals surface area contributed by atoms with E-state index >= 15 is 0 Å². The van der Waals surface area contributed by atoms with Gasteiger partial charge in [-0.2, -0.15) is 0 Å². The second-order valence-electron chi connectivity index (χ2n) is 16.3. The summed E-state index contributed by atoms with van der Waals surface area (Å²) in [6, 6.07) is 67.2. The molecule has 0 saturated carbocycles. The number of benzene rings is 8. The van der Waals surface area contributed by atoms with Crippen LogP contribution in [0.4, 0.5) is 0 Å². The normalized spacial score (nSPS) is 14.5. The summed E-state index contributed by atoms with van der Waals surface area (Å²) in [7, 11) is 0. The molecule has 286 valence electrons.